The van der Waals surface area contributed by atoms with E-state index < -0.39 is 0 Å². The van der Waals surface area contributed by atoms with Crippen LogP contribution in [-0.2, 0) is 0 Å². The molecule has 1 saturated heterocycles. The average Bonchev–Trinajstić information content (AvgIpc) is 3.16. The summed E-state index contributed by atoms with van der Waals surface area (Å²) >= 11 is 0. The number of aromatic nitrogens is 2. The summed E-state index contributed by atoms with van der Waals surface area (Å²) in [5.74, 6) is -0.177. The molecule has 1 aliphatic heterocycles. The Kier molecular flexibility index (Phi) is 5.65. The van der Waals surface area contributed by atoms with E-state index in [0.29, 0.717) is 22.8 Å². The van der Waals surface area contributed by atoms with Gasteiger partial charge in [0.05, 0.1) is 11.1 Å². The first kappa shape index (κ1) is 18.1. The topological polar surface area (TPSA) is 78.9 Å². The molecule has 134 valence electrons. The fraction of sp³-hybridized carbons (Fsp3) is 0.211. The minimum Gasteiger partial charge on any atom is -0.380 e. The molecular formula is C19H20ClN5O. The van der Waals surface area contributed by atoms with Crippen molar-refractivity contribution in [3.8, 4) is 0 Å². The van der Waals surface area contributed by atoms with Crippen LogP contribution in [0.5, 0.6) is 0 Å². The molecule has 0 saturated carbocycles. The van der Waals surface area contributed by atoms with Crippen LogP contribution >= 0.6 is 12.4 Å². The third-order valence-corrected chi connectivity index (χ3v) is 4.37. The largest absolute Gasteiger partial charge is 0.380 e. The van der Waals surface area contributed by atoms with Gasteiger partial charge in [0.1, 0.15) is 0 Å². The molecule has 0 unspecified atom stereocenters. The van der Waals surface area contributed by atoms with E-state index in [-0.39, 0.29) is 18.3 Å². The number of benzene rings is 1. The number of halogens is 1. The lowest BCUT2D eigenvalue weighted by molar-refractivity contribution is 0.102. The normalized spacial score (nSPS) is 16.1. The SMILES string of the molecule is Cl.O=C(Nc1ccncc1)c1ccc(N[C@H]2CCNC2)c2cccnc12. The van der Waals surface area contributed by atoms with Crippen LogP contribution in [0.15, 0.2) is 55.0 Å². The Balaban J connectivity index is 0.00000196. The van der Waals surface area contributed by atoms with Gasteiger partial charge in [0.25, 0.3) is 5.91 Å². The van der Waals surface area contributed by atoms with Gasteiger partial charge < -0.3 is 16.0 Å². The number of pyridine rings is 2. The van der Waals surface area contributed by atoms with Gasteiger partial charge in [0.15, 0.2) is 0 Å². The molecule has 3 heterocycles. The standard InChI is InChI=1S/C19H19N5O.ClH/c25-19(24-13-5-9-20-10-6-13)16-3-4-17(23-14-7-11-21-12-14)15-2-1-8-22-18(15)16;/h1-6,8-10,14,21,23H,7,11-12H2,(H,20,24,25);1H/t14-;/m0./s1. The lowest BCUT2D eigenvalue weighted by Gasteiger charge is -2.16. The number of anilines is 2. The third-order valence-electron chi connectivity index (χ3n) is 4.37. The molecule has 3 N–H and O–H groups in total. The van der Waals surface area contributed by atoms with Gasteiger partial charge in [-0.1, -0.05) is 0 Å². The molecule has 4 rings (SSSR count). The summed E-state index contributed by atoms with van der Waals surface area (Å²) in [6.07, 6.45) is 6.10. The maximum Gasteiger partial charge on any atom is 0.257 e. The lowest BCUT2D eigenvalue weighted by atomic mass is 10.1. The molecule has 0 bridgehead atoms. The highest BCUT2D eigenvalue weighted by molar-refractivity contribution is 6.13. The van der Waals surface area contributed by atoms with E-state index in [4.69, 9.17) is 0 Å². The Morgan fingerprint density at radius 3 is 2.73 bits per heavy atom. The first-order valence-electron chi connectivity index (χ1n) is 8.37. The van der Waals surface area contributed by atoms with Crippen molar-refractivity contribution < 1.29 is 4.79 Å². The Labute approximate surface area is 157 Å². The summed E-state index contributed by atoms with van der Waals surface area (Å²) in [7, 11) is 0. The van der Waals surface area contributed by atoms with Gasteiger partial charge in [-0.05, 0) is 49.4 Å². The molecule has 1 fully saturated rings. The smallest absolute Gasteiger partial charge is 0.257 e. The zero-order valence-corrected chi connectivity index (χ0v) is 14.9. The van der Waals surface area contributed by atoms with Crippen molar-refractivity contribution in [1.82, 2.24) is 15.3 Å². The van der Waals surface area contributed by atoms with Crippen molar-refractivity contribution in [2.75, 3.05) is 23.7 Å². The number of nitrogens with zero attached hydrogens (tertiary/aromatic N) is 2. The van der Waals surface area contributed by atoms with Crippen molar-refractivity contribution in [1.29, 1.82) is 0 Å². The van der Waals surface area contributed by atoms with Gasteiger partial charge in [0.2, 0.25) is 0 Å². The van der Waals surface area contributed by atoms with Crippen LogP contribution in [0, 0.1) is 0 Å². The van der Waals surface area contributed by atoms with Gasteiger partial charge >= 0.3 is 0 Å². The first-order chi connectivity index (χ1) is 12.3. The zero-order chi connectivity index (χ0) is 17.1. The summed E-state index contributed by atoms with van der Waals surface area (Å²) in [6.45, 7) is 1.98. The van der Waals surface area contributed by atoms with Gasteiger partial charge in [0, 0.05) is 47.9 Å². The summed E-state index contributed by atoms with van der Waals surface area (Å²) in [4.78, 5) is 21.1. The van der Waals surface area contributed by atoms with Crippen LogP contribution in [0.3, 0.4) is 0 Å². The highest BCUT2D eigenvalue weighted by Crippen LogP contribution is 2.27. The first-order valence-corrected chi connectivity index (χ1v) is 8.37. The highest BCUT2D eigenvalue weighted by Gasteiger charge is 2.18. The number of nitrogens with one attached hydrogen (secondary N) is 3. The van der Waals surface area contributed by atoms with Crippen LogP contribution in [0.2, 0.25) is 0 Å². The fourth-order valence-corrected chi connectivity index (χ4v) is 3.11. The molecule has 1 atom stereocenters. The van der Waals surface area contributed by atoms with E-state index in [9.17, 15) is 4.79 Å². The maximum absolute atomic E-state index is 12.7. The molecule has 0 aliphatic carbocycles. The molecule has 2 aromatic heterocycles. The zero-order valence-electron chi connectivity index (χ0n) is 14.1. The van der Waals surface area contributed by atoms with Crippen LogP contribution in [0.25, 0.3) is 10.9 Å². The van der Waals surface area contributed by atoms with E-state index in [1.807, 2.05) is 24.3 Å². The van der Waals surface area contributed by atoms with Crippen molar-refractivity contribution in [2.24, 2.45) is 0 Å². The molecule has 0 radical (unpaired) electrons. The molecule has 0 spiro atoms. The van der Waals surface area contributed by atoms with Crippen LogP contribution < -0.4 is 16.0 Å². The van der Waals surface area contributed by atoms with E-state index in [2.05, 4.69) is 25.9 Å². The third kappa shape index (κ3) is 3.76. The summed E-state index contributed by atoms with van der Waals surface area (Å²) in [6, 6.07) is 11.6. The molecule has 1 aromatic carbocycles. The monoisotopic (exact) mass is 369 g/mol. The number of amides is 1. The van der Waals surface area contributed by atoms with E-state index in [1.54, 1.807) is 30.7 Å². The van der Waals surface area contributed by atoms with Crippen LogP contribution in [0.4, 0.5) is 11.4 Å². The number of carbonyl (C=O) groups excluding carboxylic acids is 1. The van der Waals surface area contributed by atoms with E-state index >= 15 is 0 Å². The molecular weight excluding hydrogens is 350 g/mol. The Morgan fingerprint density at radius 2 is 1.96 bits per heavy atom. The van der Waals surface area contributed by atoms with Gasteiger partial charge in [-0.15, -0.1) is 12.4 Å². The molecule has 1 amide bonds. The minimum atomic E-state index is -0.177. The second kappa shape index (κ2) is 8.12. The summed E-state index contributed by atoms with van der Waals surface area (Å²) < 4.78 is 0. The number of hydrogen-bond acceptors (Lipinski definition) is 5. The quantitative estimate of drug-likeness (QED) is 0.658. The number of hydrogen-bond donors (Lipinski definition) is 3. The second-order valence-electron chi connectivity index (χ2n) is 6.08. The predicted molar refractivity (Wildman–Crippen MR) is 106 cm³/mol. The van der Waals surface area contributed by atoms with Crippen molar-refractivity contribution in [3.05, 3.63) is 60.6 Å². The number of fused-ring (bicyclic) bond motifs is 1. The minimum absolute atomic E-state index is 0. The molecule has 1 aliphatic rings. The van der Waals surface area contributed by atoms with Gasteiger partial charge in [-0.25, -0.2) is 0 Å². The molecule has 6 nitrogen and oxygen atoms in total. The Hall–Kier alpha value is -2.70. The van der Waals surface area contributed by atoms with Crippen LogP contribution in [-0.4, -0.2) is 35.0 Å². The van der Waals surface area contributed by atoms with Crippen molar-refractivity contribution in [3.63, 3.8) is 0 Å². The van der Waals surface area contributed by atoms with E-state index in [1.165, 1.54) is 0 Å². The highest BCUT2D eigenvalue weighted by atomic mass is 35.5. The van der Waals surface area contributed by atoms with Gasteiger partial charge in [-0.3, -0.25) is 14.8 Å². The average molecular weight is 370 g/mol. The molecule has 7 heteroatoms. The second-order valence-corrected chi connectivity index (χ2v) is 6.08. The Bertz CT molecular complexity index is 897. The fourth-order valence-electron chi connectivity index (χ4n) is 3.11. The number of carbonyl (C=O) groups is 1. The molecule has 26 heavy (non-hydrogen) atoms. The lowest BCUT2D eigenvalue weighted by Crippen LogP contribution is -2.22. The Morgan fingerprint density at radius 1 is 1.12 bits per heavy atom. The van der Waals surface area contributed by atoms with E-state index in [0.717, 1.165) is 30.6 Å². The van der Waals surface area contributed by atoms with Gasteiger partial charge in [-0.2, -0.15) is 0 Å². The summed E-state index contributed by atoms with van der Waals surface area (Å²) in [5.41, 5.74) is 2.98. The van der Waals surface area contributed by atoms with Crippen LogP contribution in [0.1, 0.15) is 16.8 Å². The number of rotatable bonds is 4. The summed E-state index contributed by atoms with van der Waals surface area (Å²) in [5, 5.41) is 10.8. The molecule has 3 aromatic rings. The van der Waals surface area contributed by atoms with Crippen molar-refractivity contribution in [2.45, 2.75) is 12.5 Å². The maximum atomic E-state index is 12.7. The predicted octanol–water partition coefficient (Wildman–Crippen LogP) is 3.08. The van der Waals surface area contributed by atoms with Crippen molar-refractivity contribution >= 4 is 40.6 Å².